The quantitative estimate of drug-likeness (QED) is 0.350. The van der Waals surface area contributed by atoms with Gasteiger partial charge in [0.05, 0.1) is 35.7 Å². The molecule has 6 rings (SSSR count). The Balaban J connectivity index is 1.19. The van der Waals surface area contributed by atoms with Crippen molar-refractivity contribution in [2.45, 2.75) is 0 Å². The van der Waals surface area contributed by atoms with E-state index in [9.17, 15) is 8.42 Å². The van der Waals surface area contributed by atoms with Gasteiger partial charge in [-0.15, -0.1) is 0 Å². The van der Waals surface area contributed by atoms with Crippen LogP contribution in [0.3, 0.4) is 0 Å². The molecule has 12 nitrogen and oxygen atoms in total. The van der Waals surface area contributed by atoms with E-state index in [1.165, 1.54) is 16.9 Å². The average Bonchev–Trinajstić information content (AvgIpc) is 3.37. The molecule has 13 heteroatoms. The number of aromatic nitrogens is 7. The van der Waals surface area contributed by atoms with Crippen molar-refractivity contribution in [2.75, 3.05) is 42.7 Å². The summed E-state index contributed by atoms with van der Waals surface area (Å²) >= 11 is 0. The molecule has 38 heavy (non-hydrogen) atoms. The van der Waals surface area contributed by atoms with E-state index in [-0.39, 0.29) is 0 Å². The maximum absolute atomic E-state index is 11.7. The van der Waals surface area contributed by atoms with E-state index in [1.54, 1.807) is 31.0 Å². The van der Waals surface area contributed by atoms with Crippen LogP contribution in [0, 0.1) is 0 Å². The van der Waals surface area contributed by atoms with E-state index in [0.717, 1.165) is 34.0 Å². The molecule has 1 aliphatic heterocycles. The zero-order chi connectivity index (χ0) is 26.1. The van der Waals surface area contributed by atoms with Gasteiger partial charge in [0.25, 0.3) is 0 Å². The first-order valence-corrected chi connectivity index (χ1v) is 13.8. The van der Waals surface area contributed by atoms with E-state index in [1.807, 2.05) is 40.9 Å². The van der Waals surface area contributed by atoms with Crippen LogP contribution in [0.25, 0.3) is 28.2 Å². The van der Waals surface area contributed by atoms with Gasteiger partial charge < -0.3 is 10.2 Å². The number of nitrogens with one attached hydrogen (secondary N) is 1. The summed E-state index contributed by atoms with van der Waals surface area (Å²) < 4.78 is 27.0. The van der Waals surface area contributed by atoms with Crippen LogP contribution in [0.4, 0.5) is 17.5 Å². The first-order valence-electron chi connectivity index (χ1n) is 11.9. The van der Waals surface area contributed by atoms with E-state index < -0.39 is 10.0 Å². The number of piperazine rings is 1. The molecule has 0 aliphatic carbocycles. The summed E-state index contributed by atoms with van der Waals surface area (Å²) in [5.41, 5.74) is 4.95. The summed E-state index contributed by atoms with van der Waals surface area (Å²) in [4.78, 5) is 28.4. The molecule has 5 aromatic rings. The van der Waals surface area contributed by atoms with Gasteiger partial charge >= 0.3 is 0 Å². The van der Waals surface area contributed by atoms with E-state index in [4.69, 9.17) is 4.98 Å². The Labute approximate surface area is 219 Å². The van der Waals surface area contributed by atoms with E-state index in [0.29, 0.717) is 37.8 Å². The fourth-order valence-electron chi connectivity index (χ4n) is 4.38. The molecule has 6 heterocycles. The molecule has 5 aromatic heterocycles. The molecule has 0 atom stereocenters. The van der Waals surface area contributed by atoms with Crippen molar-refractivity contribution in [3.63, 3.8) is 0 Å². The molecule has 0 aromatic carbocycles. The molecular formula is C25H24N10O2S. The minimum Gasteiger partial charge on any atom is -0.354 e. The van der Waals surface area contributed by atoms with Crippen molar-refractivity contribution < 1.29 is 8.42 Å². The van der Waals surface area contributed by atoms with Crippen molar-refractivity contribution in [3.8, 4) is 22.5 Å². The lowest BCUT2D eigenvalue weighted by molar-refractivity contribution is 0.387. The van der Waals surface area contributed by atoms with Crippen molar-refractivity contribution in [1.82, 2.24) is 38.6 Å². The van der Waals surface area contributed by atoms with Crippen molar-refractivity contribution in [3.05, 3.63) is 73.8 Å². The fraction of sp³-hybridized carbons (Fsp3) is 0.200. The Kier molecular flexibility index (Phi) is 6.13. The van der Waals surface area contributed by atoms with E-state index >= 15 is 0 Å². The number of sulfonamides is 1. The Morgan fingerprint density at radius 2 is 1.66 bits per heavy atom. The third-order valence-corrected chi connectivity index (χ3v) is 7.66. The third kappa shape index (κ3) is 4.88. The molecule has 192 valence electrons. The van der Waals surface area contributed by atoms with Crippen LogP contribution in [0.5, 0.6) is 0 Å². The highest BCUT2D eigenvalue weighted by molar-refractivity contribution is 7.88. The smallest absolute Gasteiger partial charge is 0.227 e. The minimum absolute atomic E-state index is 0.432. The molecule has 1 aliphatic rings. The van der Waals surface area contributed by atoms with Gasteiger partial charge in [0.2, 0.25) is 16.0 Å². The second-order valence-electron chi connectivity index (χ2n) is 8.86. The van der Waals surface area contributed by atoms with Crippen LogP contribution in [0.1, 0.15) is 0 Å². The minimum atomic E-state index is -3.17. The molecule has 0 amide bonds. The monoisotopic (exact) mass is 528 g/mol. The summed E-state index contributed by atoms with van der Waals surface area (Å²) in [5.74, 6) is 1.23. The van der Waals surface area contributed by atoms with Gasteiger partial charge in [0.15, 0.2) is 0 Å². The van der Waals surface area contributed by atoms with Crippen LogP contribution in [-0.4, -0.2) is 79.5 Å². The third-order valence-electron chi connectivity index (χ3n) is 6.35. The lowest BCUT2D eigenvalue weighted by Gasteiger charge is -2.33. The summed E-state index contributed by atoms with van der Waals surface area (Å²) in [5, 5.41) is 3.21. The van der Waals surface area contributed by atoms with Crippen molar-refractivity contribution in [1.29, 1.82) is 0 Å². The molecule has 0 spiro atoms. The zero-order valence-electron chi connectivity index (χ0n) is 20.5. The predicted molar refractivity (Wildman–Crippen MR) is 143 cm³/mol. The van der Waals surface area contributed by atoms with Crippen molar-refractivity contribution in [2.24, 2.45) is 0 Å². The SMILES string of the molecule is CS(=O)(=O)N1CCN(c2ccc(Nc3nccc(-c4cnc5ccc(-c6cncnc6)cn45)n3)cn2)CC1. The number of anilines is 3. The number of hydrogen-bond acceptors (Lipinski definition) is 10. The molecule has 0 bridgehead atoms. The van der Waals surface area contributed by atoms with Gasteiger partial charge in [0.1, 0.15) is 17.8 Å². The van der Waals surface area contributed by atoms with Crippen molar-refractivity contribution >= 4 is 33.1 Å². The van der Waals surface area contributed by atoms with Crippen LogP contribution in [0.15, 0.2) is 73.8 Å². The summed E-state index contributed by atoms with van der Waals surface area (Å²) in [7, 11) is -3.17. The van der Waals surface area contributed by atoms with E-state index in [2.05, 4.69) is 35.1 Å². The van der Waals surface area contributed by atoms with Gasteiger partial charge in [-0.3, -0.25) is 4.40 Å². The number of pyridine rings is 2. The Morgan fingerprint density at radius 3 is 2.39 bits per heavy atom. The average molecular weight is 529 g/mol. The first kappa shape index (κ1) is 23.9. The fourth-order valence-corrected chi connectivity index (χ4v) is 5.20. The van der Waals surface area contributed by atoms with Crippen LogP contribution >= 0.6 is 0 Å². The summed E-state index contributed by atoms with van der Waals surface area (Å²) in [6.45, 7) is 2.09. The number of fused-ring (bicyclic) bond motifs is 1. The van der Waals surface area contributed by atoms with Gasteiger partial charge in [-0.1, -0.05) is 0 Å². The molecular weight excluding hydrogens is 504 g/mol. The summed E-state index contributed by atoms with van der Waals surface area (Å²) in [6.07, 6.45) is 13.5. The maximum Gasteiger partial charge on any atom is 0.227 e. The second-order valence-corrected chi connectivity index (χ2v) is 10.8. The highest BCUT2D eigenvalue weighted by atomic mass is 32.2. The van der Waals surface area contributed by atoms with Crippen LogP contribution in [-0.2, 0) is 10.0 Å². The summed E-state index contributed by atoms with van der Waals surface area (Å²) in [6, 6.07) is 9.58. The highest BCUT2D eigenvalue weighted by Gasteiger charge is 2.24. The maximum atomic E-state index is 11.7. The van der Waals surface area contributed by atoms with Gasteiger partial charge in [0, 0.05) is 62.1 Å². The van der Waals surface area contributed by atoms with Crippen LogP contribution in [0.2, 0.25) is 0 Å². The Morgan fingerprint density at radius 1 is 0.842 bits per heavy atom. The van der Waals surface area contributed by atoms with Gasteiger partial charge in [-0.2, -0.15) is 4.31 Å². The standard InChI is InChI=1S/C25H24N10O2S/c1-38(36,37)34-10-8-33(9-11-34)23-5-3-20(14-29-23)31-25-28-7-6-21(32-25)22-15-30-24-4-2-18(16-35(22)24)19-12-26-17-27-13-19/h2-7,12-17H,8-11H2,1H3,(H,28,31,32). The lowest BCUT2D eigenvalue weighted by Crippen LogP contribution is -2.48. The first-order chi connectivity index (χ1) is 18.4. The lowest BCUT2D eigenvalue weighted by atomic mass is 10.1. The molecule has 0 unspecified atom stereocenters. The van der Waals surface area contributed by atoms with Crippen LogP contribution < -0.4 is 10.2 Å². The van der Waals surface area contributed by atoms with Gasteiger partial charge in [-0.05, 0) is 30.3 Å². The van der Waals surface area contributed by atoms with Gasteiger partial charge in [-0.25, -0.2) is 38.3 Å². The normalized spacial score (nSPS) is 14.6. The molecule has 1 N–H and O–H groups in total. The number of imidazole rings is 1. The zero-order valence-corrected chi connectivity index (χ0v) is 21.3. The predicted octanol–water partition coefficient (Wildman–Crippen LogP) is 2.47. The number of nitrogens with zero attached hydrogens (tertiary/aromatic N) is 9. The topological polar surface area (TPSA) is 134 Å². The molecule has 0 saturated carbocycles. The Hall–Kier alpha value is -4.49. The Bertz CT molecular complexity index is 1680. The highest BCUT2D eigenvalue weighted by Crippen LogP contribution is 2.25. The molecule has 1 fully saturated rings. The number of hydrogen-bond donors (Lipinski definition) is 1. The number of rotatable bonds is 6. The molecule has 0 radical (unpaired) electrons. The molecule has 1 saturated heterocycles. The largest absolute Gasteiger partial charge is 0.354 e. The second kappa shape index (κ2) is 9.76.